The lowest BCUT2D eigenvalue weighted by Gasteiger charge is -2.14. The summed E-state index contributed by atoms with van der Waals surface area (Å²) in [6, 6.07) is 10.5. The molecular formula is C29H39N3O6. The summed E-state index contributed by atoms with van der Waals surface area (Å²) >= 11 is 0. The molecule has 0 fully saturated rings. The molecule has 0 aromatic heterocycles. The molecule has 2 amide bonds. The van der Waals surface area contributed by atoms with E-state index in [1.165, 1.54) is 19.2 Å². The third-order valence-electron chi connectivity index (χ3n) is 5.62. The maximum absolute atomic E-state index is 12.3. The van der Waals surface area contributed by atoms with Crippen LogP contribution in [0, 0.1) is 5.92 Å². The topological polar surface area (TPSA) is 140 Å². The molecule has 0 saturated carbocycles. The van der Waals surface area contributed by atoms with Crippen molar-refractivity contribution >= 4 is 17.8 Å². The first-order valence-electron chi connectivity index (χ1n) is 12.8. The first-order chi connectivity index (χ1) is 18.2. The number of hydrogen-bond donors (Lipinski definition) is 4. The van der Waals surface area contributed by atoms with Crippen LogP contribution in [0.1, 0.15) is 50.7 Å². The number of hydrogen-bond acceptors (Lipinski definition) is 7. The lowest BCUT2D eigenvalue weighted by molar-refractivity contribution is -0.135. The van der Waals surface area contributed by atoms with Crippen molar-refractivity contribution in [1.29, 1.82) is 0 Å². The highest BCUT2D eigenvalue weighted by atomic mass is 16.6. The zero-order chi connectivity index (χ0) is 27.9. The highest BCUT2D eigenvalue weighted by Gasteiger charge is 2.17. The smallest absolute Gasteiger partial charge is 0.330 e. The number of ether oxygens (including phenoxy) is 2. The first kappa shape index (κ1) is 30.4. The number of esters is 1. The summed E-state index contributed by atoms with van der Waals surface area (Å²) in [5, 5.41) is 14.7. The number of nitrogens with two attached hydrogens (primary N) is 1. The Hall–Kier alpha value is -3.85. The molecule has 2 aromatic carbocycles. The van der Waals surface area contributed by atoms with Gasteiger partial charge in [0.2, 0.25) is 11.8 Å². The van der Waals surface area contributed by atoms with Crippen LogP contribution in [0.25, 0.3) is 0 Å². The van der Waals surface area contributed by atoms with Crippen molar-refractivity contribution in [2.24, 2.45) is 11.7 Å². The molecule has 9 heteroatoms. The Bertz CT molecular complexity index is 1080. The van der Waals surface area contributed by atoms with Crippen LogP contribution >= 0.6 is 0 Å². The molecule has 9 nitrogen and oxygen atoms in total. The quantitative estimate of drug-likeness (QED) is 0.121. The zero-order valence-electron chi connectivity index (χ0n) is 22.4. The number of aromatic hydroxyl groups is 1. The Balaban J connectivity index is 1.76. The Kier molecular flexibility index (Phi) is 12.9. The molecule has 1 atom stereocenters. The Morgan fingerprint density at radius 3 is 2.39 bits per heavy atom. The van der Waals surface area contributed by atoms with Crippen LogP contribution < -0.4 is 25.8 Å². The normalized spacial score (nSPS) is 11.8. The van der Waals surface area contributed by atoms with Gasteiger partial charge in [-0.05, 0) is 67.0 Å². The van der Waals surface area contributed by atoms with Crippen LogP contribution in [0.2, 0.25) is 0 Å². The van der Waals surface area contributed by atoms with E-state index in [1.807, 2.05) is 0 Å². The molecule has 0 spiro atoms. The highest BCUT2D eigenvalue weighted by Crippen LogP contribution is 2.28. The minimum Gasteiger partial charge on any atom is -0.508 e. The van der Waals surface area contributed by atoms with Crippen LogP contribution in [0.15, 0.2) is 54.6 Å². The summed E-state index contributed by atoms with van der Waals surface area (Å²) in [7, 11) is 1.45. The number of nitrogens with one attached hydrogen (secondary N) is 2. The van der Waals surface area contributed by atoms with Gasteiger partial charge < -0.3 is 30.9 Å². The molecule has 0 heterocycles. The molecule has 206 valence electrons. The van der Waals surface area contributed by atoms with Crippen LogP contribution in [0.3, 0.4) is 0 Å². The fourth-order valence-electron chi connectivity index (χ4n) is 3.54. The van der Waals surface area contributed by atoms with Crippen molar-refractivity contribution in [3.05, 3.63) is 65.7 Å². The van der Waals surface area contributed by atoms with Gasteiger partial charge in [-0.25, -0.2) is 4.79 Å². The number of rotatable bonds is 15. The largest absolute Gasteiger partial charge is 0.508 e. The molecule has 0 saturated heterocycles. The summed E-state index contributed by atoms with van der Waals surface area (Å²) in [5.41, 5.74) is 7.49. The van der Waals surface area contributed by atoms with E-state index >= 15 is 0 Å². The Labute approximate surface area is 224 Å². The van der Waals surface area contributed by atoms with Gasteiger partial charge >= 0.3 is 5.97 Å². The zero-order valence-corrected chi connectivity index (χ0v) is 22.4. The van der Waals surface area contributed by atoms with E-state index in [0.29, 0.717) is 24.6 Å². The summed E-state index contributed by atoms with van der Waals surface area (Å²) in [6.07, 6.45) is 7.81. The van der Waals surface area contributed by atoms with Gasteiger partial charge in [0.25, 0.3) is 0 Å². The number of allylic oxidation sites excluding steroid dienone is 2. The molecule has 0 aliphatic heterocycles. The number of methoxy groups -OCH3 is 1. The Morgan fingerprint density at radius 1 is 1.00 bits per heavy atom. The molecule has 2 rings (SSSR count). The van der Waals surface area contributed by atoms with Crippen LogP contribution in [0.5, 0.6) is 17.2 Å². The second-order valence-corrected chi connectivity index (χ2v) is 9.35. The third kappa shape index (κ3) is 11.5. The predicted octanol–water partition coefficient (Wildman–Crippen LogP) is 3.38. The number of phenols is 1. The first-order valence-corrected chi connectivity index (χ1v) is 12.8. The minimum atomic E-state index is -0.863. The molecule has 38 heavy (non-hydrogen) atoms. The maximum atomic E-state index is 12.3. The minimum absolute atomic E-state index is 0.0216. The lowest BCUT2D eigenvalue weighted by Crippen LogP contribution is -2.44. The molecule has 0 aliphatic carbocycles. The number of carbonyl (C=O) groups is 3. The van der Waals surface area contributed by atoms with Crippen LogP contribution in [-0.4, -0.2) is 42.6 Å². The van der Waals surface area contributed by atoms with Gasteiger partial charge in [-0.2, -0.15) is 0 Å². The second kappa shape index (κ2) is 16.1. The summed E-state index contributed by atoms with van der Waals surface area (Å²) in [5.74, 6) is -0.0103. The number of phenolic OH excluding ortho intramolecular Hbond substituents is 1. The average Bonchev–Trinajstić information content (AvgIpc) is 2.89. The molecule has 2 aromatic rings. The van der Waals surface area contributed by atoms with E-state index in [0.717, 1.165) is 30.4 Å². The van der Waals surface area contributed by atoms with Crippen molar-refractivity contribution in [1.82, 2.24) is 10.6 Å². The van der Waals surface area contributed by atoms with E-state index < -0.39 is 17.9 Å². The molecule has 0 aliphatic rings. The summed E-state index contributed by atoms with van der Waals surface area (Å²) < 4.78 is 10.7. The summed E-state index contributed by atoms with van der Waals surface area (Å²) in [4.78, 5) is 36.7. The van der Waals surface area contributed by atoms with Gasteiger partial charge in [-0.15, -0.1) is 0 Å². The van der Waals surface area contributed by atoms with Gasteiger partial charge in [0.05, 0.1) is 13.2 Å². The lowest BCUT2D eigenvalue weighted by atomic mass is 10.1. The van der Waals surface area contributed by atoms with Gasteiger partial charge in [0, 0.05) is 13.0 Å². The maximum Gasteiger partial charge on any atom is 0.330 e. The van der Waals surface area contributed by atoms with Crippen molar-refractivity contribution in [3.63, 3.8) is 0 Å². The SMILES string of the molecule is COc1cc(CNC(=O)CCCC/C=C/C(C)C)ccc1OC(=O)CNC(=O)C(N)Cc1ccc(O)cc1. The van der Waals surface area contributed by atoms with Crippen LogP contribution in [-0.2, 0) is 27.3 Å². The number of amides is 2. The van der Waals surface area contributed by atoms with Crippen molar-refractivity contribution in [2.45, 2.75) is 58.5 Å². The van der Waals surface area contributed by atoms with Crippen molar-refractivity contribution in [3.8, 4) is 17.2 Å². The average molecular weight is 526 g/mol. The molecule has 5 N–H and O–H groups in total. The van der Waals surface area contributed by atoms with E-state index in [2.05, 4.69) is 36.6 Å². The van der Waals surface area contributed by atoms with Crippen molar-refractivity contribution in [2.75, 3.05) is 13.7 Å². The fourth-order valence-corrected chi connectivity index (χ4v) is 3.54. The molecule has 0 bridgehead atoms. The summed E-state index contributed by atoms with van der Waals surface area (Å²) in [6.45, 7) is 4.23. The molecule has 1 unspecified atom stereocenters. The molecule has 0 radical (unpaired) electrons. The highest BCUT2D eigenvalue weighted by molar-refractivity contribution is 5.86. The number of unbranched alkanes of at least 4 members (excludes halogenated alkanes) is 2. The van der Waals surface area contributed by atoms with Crippen LogP contribution in [0.4, 0.5) is 0 Å². The molecular weight excluding hydrogens is 486 g/mol. The van der Waals surface area contributed by atoms with Gasteiger partial charge in [-0.3, -0.25) is 9.59 Å². The van der Waals surface area contributed by atoms with E-state index in [1.54, 1.807) is 30.3 Å². The number of benzene rings is 2. The van der Waals surface area contributed by atoms with Gasteiger partial charge in [-0.1, -0.05) is 44.2 Å². The van der Waals surface area contributed by atoms with Crippen molar-refractivity contribution < 1.29 is 29.0 Å². The number of carbonyl (C=O) groups excluding carboxylic acids is 3. The standard InChI is InChI=1S/C29H39N3O6/c1-20(2)8-6-4-5-7-9-27(34)31-18-22-12-15-25(26(17-22)37-3)38-28(35)19-32-29(36)24(30)16-21-10-13-23(33)14-11-21/h6,8,10-15,17,20,24,33H,4-5,7,9,16,18-19,30H2,1-3H3,(H,31,34)(H,32,36)/b8-6+. The third-order valence-corrected chi connectivity index (χ3v) is 5.62. The van der Waals surface area contributed by atoms with E-state index in [4.69, 9.17) is 15.2 Å². The van der Waals surface area contributed by atoms with Gasteiger partial charge in [0.1, 0.15) is 12.3 Å². The monoisotopic (exact) mass is 525 g/mol. The van der Waals surface area contributed by atoms with E-state index in [-0.39, 0.29) is 30.4 Å². The van der Waals surface area contributed by atoms with E-state index in [9.17, 15) is 19.5 Å². The van der Waals surface area contributed by atoms with Gasteiger partial charge in [0.15, 0.2) is 11.5 Å². The second-order valence-electron chi connectivity index (χ2n) is 9.35. The Morgan fingerprint density at radius 2 is 1.71 bits per heavy atom. The predicted molar refractivity (Wildman–Crippen MR) is 146 cm³/mol. The fraction of sp³-hybridized carbons (Fsp3) is 0.414.